The fourth-order valence-corrected chi connectivity index (χ4v) is 4.78. The molecular weight excluding hydrogens is 316 g/mol. The molecule has 0 aromatic carbocycles. The molecule has 0 aromatic rings. The molecule has 3 rings (SSSR count). The van der Waals surface area contributed by atoms with E-state index >= 15 is 0 Å². The summed E-state index contributed by atoms with van der Waals surface area (Å²) in [6.07, 6.45) is 10.8. The fourth-order valence-electron chi connectivity index (χ4n) is 4.78. The van der Waals surface area contributed by atoms with Gasteiger partial charge in [-0.3, -0.25) is 4.79 Å². The van der Waals surface area contributed by atoms with E-state index in [9.17, 15) is 9.59 Å². The van der Waals surface area contributed by atoms with Crippen LogP contribution in [0, 0.1) is 11.8 Å². The van der Waals surface area contributed by atoms with Crippen molar-refractivity contribution in [3.63, 3.8) is 0 Å². The van der Waals surface area contributed by atoms with Crippen molar-refractivity contribution in [2.24, 2.45) is 17.6 Å². The van der Waals surface area contributed by atoms with Crippen LogP contribution < -0.4 is 16.4 Å². The predicted molar refractivity (Wildman–Crippen MR) is 98.0 cm³/mol. The third kappa shape index (κ3) is 4.87. The summed E-state index contributed by atoms with van der Waals surface area (Å²) in [6, 6.07) is 0.489. The highest BCUT2D eigenvalue weighted by Gasteiger charge is 2.36. The summed E-state index contributed by atoms with van der Waals surface area (Å²) >= 11 is 0. The third-order valence-electron chi connectivity index (χ3n) is 6.36. The lowest BCUT2D eigenvalue weighted by Gasteiger charge is -2.35. The van der Waals surface area contributed by atoms with Crippen molar-refractivity contribution < 1.29 is 9.59 Å². The maximum Gasteiger partial charge on any atom is 0.315 e. The molecule has 1 heterocycles. The van der Waals surface area contributed by atoms with Gasteiger partial charge in [0.05, 0.1) is 0 Å². The van der Waals surface area contributed by atoms with Crippen LogP contribution in [0.2, 0.25) is 0 Å². The highest BCUT2D eigenvalue weighted by molar-refractivity contribution is 5.79. The molecular formula is C19H34N4O2. The first-order valence-corrected chi connectivity index (χ1v) is 10.2. The Morgan fingerprint density at radius 1 is 0.840 bits per heavy atom. The van der Waals surface area contributed by atoms with Crippen LogP contribution in [-0.4, -0.2) is 48.6 Å². The topological polar surface area (TPSA) is 87.5 Å². The zero-order valence-electron chi connectivity index (χ0n) is 15.3. The molecule has 0 aromatic heterocycles. The number of carbonyl (C=O) groups excluding carboxylic acids is 2. The molecule has 3 aliphatic rings. The Morgan fingerprint density at radius 3 is 2.12 bits per heavy atom. The molecule has 142 valence electrons. The van der Waals surface area contributed by atoms with Gasteiger partial charge in [0, 0.05) is 31.1 Å². The molecule has 2 atom stereocenters. The van der Waals surface area contributed by atoms with Crippen molar-refractivity contribution in [2.45, 2.75) is 76.3 Å². The van der Waals surface area contributed by atoms with Crippen molar-refractivity contribution in [3.05, 3.63) is 0 Å². The molecule has 0 bridgehead atoms. The Labute approximate surface area is 151 Å². The van der Waals surface area contributed by atoms with Gasteiger partial charge >= 0.3 is 6.03 Å². The van der Waals surface area contributed by atoms with Gasteiger partial charge in [0.1, 0.15) is 0 Å². The van der Waals surface area contributed by atoms with Crippen molar-refractivity contribution in [3.8, 4) is 0 Å². The van der Waals surface area contributed by atoms with Crippen LogP contribution in [-0.2, 0) is 4.79 Å². The number of hydrogen-bond donors (Lipinski definition) is 3. The molecule has 6 nitrogen and oxygen atoms in total. The molecule has 3 amide bonds. The molecule has 25 heavy (non-hydrogen) atoms. The maximum absolute atomic E-state index is 12.7. The molecule has 1 saturated heterocycles. The molecule has 2 aliphatic carbocycles. The average Bonchev–Trinajstić information content (AvgIpc) is 3.11. The zero-order chi connectivity index (χ0) is 17.6. The standard InChI is InChI=1S/C19H34N4O2/c20-13-14-5-4-8-17(14)18(24)23-11-9-16(10-12-23)22-19(25)21-15-6-2-1-3-7-15/h14-17H,1-13,20H2,(H2,21,22,25)/t14-,17-/m1/s1. The Morgan fingerprint density at radius 2 is 1.48 bits per heavy atom. The van der Waals surface area contributed by atoms with Gasteiger partial charge < -0.3 is 21.3 Å². The number of amides is 3. The number of piperidine rings is 1. The van der Waals surface area contributed by atoms with E-state index in [4.69, 9.17) is 5.73 Å². The molecule has 0 unspecified atom stereocenters. The summed E-state index contributed by atoms with van der Waals surface area (Å²) in [5.41, 5.74) is 5.82. The quantitative estimate of drug-likeness (QED) is 0.724. The number of nitrogens with one attached hydrogen (secondary N) is 2. The minimum absolute atomic E-state index is 0.0318. The van der Waals surface area contributed by atoms with Crippen LogP contribution in [0.15, 0.2) is 0 Å². The number of nitrogens with zero attached hydrogens (tertiary/aromatic N) is 1. The summed E-state index contributed by atoms with van der Waals surface area (Å²) in [4.78, 5) is 26.9. The van der Waals surface area contributed by atoms with E-state index < -0.39 is 0 Å². The summed E-state index contributed by atoms with van der Waals surface area (Å²) in [5.74, 6) is 0.784. The minimum Gasteiger partial charge on any atom is -0.342 e. The van der Waals surface area contributed by atoms with E-state index in [1.807, 2.05) is 4.90 Å². The Kier molecular flexibility index (Phi) is 6.57. The van der Waals surface area contributed by atoms with Gasteiger partial charge in [-0.15, -0.1) is 0 Å². The second kappa shape index (κ2) is 8.88. The highest BCUT2D eigenvalue weighted by Crippen LogP contribution is 2.33. The highest BCUT2D eigenvalue weighted by atomic mass is 16.2. The number of nitrogens with two attached hydrogens (primary N) is 1. The summed E-state index contributed by atoms with van der Waals surface area (Å²) in [7, 11) is 0. The second-order valence-corrected chi connectivity index (χ2v) is 8.09. The summed E-state index contributed by atoms with van der Waals surface area (Å²) in [5, 5.41) is 6.22. The number of urea groups is 1. The Bertz CT molecular complexity index is 456. The van der Waals surface area contributed by atoms with Crippen LogP contribution in [0.25, 0.3) is 0 Å². The molecule has 3 fully saturated rings. The Balaban J connectivity index is 1.39. The van der Waals surface area contributed by atoms with E-state index in [-0.39, 0.29) is 23.9 Å². The molecule has 1 aliphatic heterocycles. The first kappa shape index (κ1) is 18.5. The van der Waals surface area contributed by atoms with Gasteiger partial charge in [0.2, 0.25) is 5.91 Å². The number of hydrogen-bond acceptors (Lipinski definition) is 3. The largest absolute Gasteiger partial charge is 0.342 e. The second-order valence-electron chi connectivity index (χ2n) is 8.09. The fraction of sp³-hybridized carbons (Fsp3) is 0.895. The summed E-state index contributed by atoms with van der Waals surface area (Å²) in [6.45, 7) is 2.12. The molecule has 0 radical (unpaired) electrons. The van der Waals surface area contributed by atoms with Crippen LogP contribution in [0.1, 0.15) is 64.2 Å². The molecule has 4 N–H and O–H groups in total. The van der Waals surface area contributed by atoms with Crippen molar-refractivity contribution in [1.29, 1.82) is 0 Å². The van der Waals surface area contributed by atoms with Crippen LogP contribution in [0.4, 0.5) is 4.79 Å². The van der Waals surface area contributed by atoms with Gasteiger partial charge in [-0.1, -0.05) is 25.7 Å². The van der Waals surface area contributed by atoms with Crippen LogP contribution in [0.5, 0.6) is 0 Å². The first-order chi connectivity index (χ1) is 12.2. The minimum atomic E-state index is -0.0318. The van der Waals surface area contributed by atoms with E-state index in [0.29, 0.717) is 18.5 Å². The van der Waals surface area contributed by atoms with Crippen molar-refractivity contribution in [1.82, 2.24) is 15.5 Å². The summed E-state index contributed by atoms with van der Waals surface area (Å²) < 4.78 is 0. The van der Waals surface area contributed by atoms with E-state index in [1.165, 1.54) is 19.3 Å². The predicted octanol–water partition coefficient (Wildman–Crippen LogP) is 1.98. The average molecular weight is 351 g/mol. The molecule has 2 saturated carbocycles. The van der Waals surface area contributed by atoms with Crippen molar-refractivity contribution in [2.75, 3.05) is 19.6 Å². The number of carbonyl (C=O) groups is 2. The van der Waals surface area contributed by atoms with Gasteiger partial charge in [-0.05, 0) is 51.0 Å². The van der Waals surface area contributed by atoms with E-state index in [2.05, 4.69) is 10.6 Å². The Hall–Kier alpha value is -1.30. The lowest BCUT2D eigenvalue weighted by molar-refractivity contribution is -0.137. The monoisotopic (exact) mass is 350 g/mol. The lowest BCUT2D eigenvalue weighted by atomic mass is 9.93. The van der Waals surface area contributed by atoms with Gasteiger partial charge in [-0.25, -0.2) is 4.79 Å². The normalized spacial score (nSPS) is 28.8. The van der Waals surface area contributed by atoms with Crippen molar-refractivity contribution >= 4 is 11.9 Å². The molecule has 6 heteroatoms. The third-order valence-corrected chi connectivity index (χ3v) is 6.36. The SMILES string of the molecule is NC[C@H]1CCC[C@H]1C(=O)N1CCC(NC(=O)NC2CCCCC2)CC1. The van der Waals surface area contributed by atoms with Gasteiger partial charge in [0.15, 0.2) is 0 Å². The number of likely N-dealkylation sites (tertiary alicyclic amines) is 1. The van der Waals surface area contributed by atoms with Gasteiger partial charge in [-0.2, -0.15) is 0 Å². The maximum atomic E-state index is 12.7. The first-order valence-electron chi connectivity index (χ1n) is 10.2. The number of rotatable bonds is 4. The van der Waals surface area contributed by atoms with E-state index in [1.54, 1.807) is 0 Å². The van der Waals surface area contributed by atoms with Crippen LogP contribution >= 0.6 is 0 Å². The lowest BCUT2D eigenvalue weighted by Crippen LogP contribution is -2.52. The zero-order valence-corrected chi connectivity index (χ0v) is 15.3. The smallest absolute Gasteiger partial charge is 0.315 e. The van der Waals surface area contributed by atoms with Crippen LogP contribution in [0.3, 0.4) is 0 Å². The molecule has 0 spiro atoms. The van der Waals surface area contributed by atoms with Gasteiger partial charge in [0.25, 0.3) is 0 Å². The van der Waals surface area contributed by atoms with E-state index in [0.717, 1.165) is 58.0 Å².